The van der Waals surface area contributed by atoms with Crippen LogP contribution >= 0.6 is 27.3 Å². The van der Waals surface area contributed by atoms with Crippen LogP contribution in [0.15, 0.2) is 40.2 Å². The molecule has 1 aliphatic rings. The largest absolute Gasteiger partial charge is 0.416 e. The van der Waals surface area contributed by atoms with Crippen molar-refractivity contribution in [1.29, 1.82) is 0 Å². The molecular formula is C19H16BrF3N2OS. The summed E-state index contributed by atoms with van der Waals surface area (Å²) < 4.78 is 42.0. The van der Waals surface area contributed by atoms with Crippen LogP contribution < -0.4 is 5.32 Å². The summed E-state index contributed by atoms with van der Waals surface area (Å²) in [6.45, 7) is 0.988. The third kappa shape index (κ3) is 3.91. The van der Waals surface area contributed by atoms with E-state index in [0.29, 0.717) is 30.3 Å². The lowest BCUT2D eigenvalue weighted by atomic mass is 10.1. The lowest BCUT2D eigenvalue weighted by Gasteiger charge is -2.12. The van der Waals surface area contributed by atoms with Gasteiger partial charge in [-0.15, -0.1) is 11.3 Å². The number of thiophene rings is 1. The summed E-state index contributed by atoms with van der Waals surface area (Å²) in [5, 5.41) is 4.91. The van der Waals surface area contributed by atoms with E-state index in [2.05, 4.69) is 21.2 Å². The van der Waals surface area contributed by atoms with Crippen molar-refractivity contribution in [3.8, 4) is 0 Å². The van der Waals surface area contributed by atoms with Crippen LogP contribution in [0, 0.1) is 5.92 Å². The first kappa shape index (κ1) is 18.6. The molecule has 3 nitrogen and oxygen atoms in total. The highest BCUT2D eigenvalue weighted by atomic mass is 79.9. The summed E-state index contributed by atoms with van der Waals surface area (Å²) >= 11 is 5.04. The molecule has 8 heteroatoms. The summed E-state index contributed by atoms with van der Waals surface area (Å²) in [6.07, 6.45) is -2.07. The molecule has 1 N–H and O–H groups in total. The van der Waals surface area contributed by atoms with Gasteiger partial charge in [0.25, 0.3) is 5.91 Å². The topological polar surface area (TPSA) is 34.0 Å². The number of carbonyl (C=O) groups excluding carboxylic acids is 1. The maximum absolute atomic E-state index is 12.8. The molecular weight excluding hydrogens is 441 g/mol. The maximum atomic E-state index is 12.8. The highest BCUT2D eigenvalue weighted by Gasteiger charge is 2.30. The van der Waals surface area contributed by atoms with Crippen LogP contribution in [0.3, 0.4) is 0 Å². The molecule has 0 saturated heterocycles. The molecule has 142 valence electrons. The predicted molar refractivity (Wildman–Crippen MR) is 103 cm³/mol. The smallest absolute Gasteiger partial charge is 0.350 e. The van der Waals surface area contributed by atoms with Gasteiger partial charge in [0.1, 0.15) is 5.69 Å². The van der Waals surface area contributed by atoms with Gasteiger partial charge in [0, 0.05) is 18.5 Å². The van der Waals surface area contributed by atoms with Crippen molar-refractivity contribution in [2.75, 3.05) is 6.54 Å². The highest BCUT2D eigenvalue weighted by Crippen LogP contribution is 2.35. The number of carbonyl (C=O) groups is 1. The van der Waals surface area contributed by atoms with E-state index < -0.39 is 11.7 Å². The number of aromatic nitrogens is 1. The standard InChI is InChI=1S/C19H16BrF3N2OS/c20-14-10-27-16-7-15(18(26)24-8-11-1-2-11)25(17(14)16)9-12-3-5-13(6-4-12)19(21,22)23/h3-7,10-11H,1-2,8-9H2,(H,24,26). The number of fused-ring (bicyclic) bond motifs is 1. The van der Waals surface area contributed by atoms with Crippen LogP contribution in [-0.2, 0) is 12.7 Å². The van der Waals surface area contributed by atoms with Gasteiger partial charge in [-0.1, -0.05) is 12.1 Å². The monoisotopic (exact) mass is 456 g/mol. The third-order valence-electron chi connectivity index (χ3n) is 4.68. The van der Waals surface area contributed by atoms with Gasteiger partial charge in [0.2, 0.25) is 0 Å². The number of rotatable bonds is 5. The SMILES string of the molecule is O=C(NCC1CC1)c1cc2scc(Br)c2n1Cc1ccc(C(F)(F)F)cc1. The van der Waals surface area contributed by atoms with Crippen molar-refractivity contribution in [3.63, 3.8) is 0 Å². The van der Waals surface area contributed by atoms with Crippen LogP contribution in [0.1, 0.15) is 34.5 Å². The Bertz CT molecular complexity index is 987. The van der Waals surface area contributed by atoms with E-state index in [1.165, 1.54) is 23.5 Å². The van der Waals surface area contributed by atoms with Gasteiger partial charge in [-0.05, 0) is 58.5 Å². The molecule has 1 amide bonds. The number of nitrogens with one attached hydrogen (secondary N) is 1. The average Bonchev–Trinajstić information content (AvgIpc) is 3.28. The molecule has 0 aliphatic heterocycles. The Morgan fingerprint density at radius 1 is 1.26 bits per heavy atom. The minimum Gasteiger partial charge on any atom is -0.350 e. The number of benzene rings is 1. The van der Waals surface area contributed by atoms with E-state index in [1.54, 1.807) is 0 Å². The van der Waals surface area contributed by atoms with Gasteiger partial charge in [-0.2, -0.15) is 13.2 Å². The first-order valence-electron chi connectivity index (χ1n) is 8.53. The summed E-state index contributed by atoms with van der Waals surface area (Å²) in [5.74, 6) is 0.421. The fraction of sp³-hybridized carbons (Fsp3) is 0.316. The number of halogens is 4. The zero-order valence-electron chi connectivity index (χ0n) is 14.1. The van der Waals surface area contributed by atoms with E-state index in [1.807, 2.05) is 16.0 Å². The maximum Gasteiger partial charge on any atom is 0.416 e. The highest BCUT2D eigenvalue weighted by molar-refractivity contribution is 9.10. The number of hydrogen-bond acceptors (Lipinski definition) is 2. The molecule has 1 aromatic carbocycles. The number of hydrogen-bond donors (Lipinski definition) is 1. The summed E-state index contributed by atoms with van der Waals surface area (Å²) in [5.41, 5.74) is 1.44. The second kappa shape index (κ2) is 6.98. The predicted octanol–water partition coefficient (Wildman–Crippen LogP) is 5.67. The average molecular weight is 457 g/mol. The molecule has 0 unspecified atom stereocenters. The van der Waals surface area contributed by atoms with Gasteiger partial charge >= 0.3 is 6.18 Å². The zero-order chi connectivity index (χ0) is 19.2. The Morgan fingerprint density at radius 3 is 2.59 bits per heavy atom. The van der Waals surface area contributed by atoms with Crippen molar-refractivity contribution in [1.82, 2.24) is 9.88 Å². The molecule has 3 aromatic rings. The molecule has 1 fully saturated rings. The second-order valence-corrected chi connectivity index (χ2v) is 8.53. The molecule has 1 saturated carbocycles. The molecule has 0 radical (unpaired) electrons. The molecule has 4 rings (SSSR count). The summed E-state index contributed by atoms with van der Waals surface area (Å²) in [4.78, 5) is 12.7. The first-order valence-corrected chi connectivity index (χ1v) is 10.2. The van der Waals surface area contributed by atoms with Gasteiger partial charge in [-0.25, -0.2) is 0 Å². The molecule has 1 aliphatic carbocycles. The zero-order valence-corrected chi connectivity index (χ0v) is 16.5. The Kier molecular flexibility index (Phi) is 4.80. The van der Waals surface area contributed by atoms with Crippen LogP contribution in [0.2, 0.25) is 0 Å². The molecule has 2 aromatic heterocycles. The molecule has 0 spiro atoms. The third-order valence-corrected chi connectivity index (χ3v) is 6.51. The molecule has 0 bridgehead atoms. The van der Waals surface area contributed by atoms with Crippen molar-refractivity contribution >= 4 is 43.4 Å². The second-order valence-electron chi connectivity index (χ2n) is 6.76. The normalized spacial score (nSPS) is 14.7. The van der Waals surface area contributed by atoms with Gasteiger partial charge < -0.3 is 9.88 Å². The Morgan fingerprint density at radius 2 is 1.96 bits per heavy atom. The van der Waals surface area contributed by atoms with E-state index in [9.17, 15) is 18.0 Å². The van der Waals surface area contributed by atoms with Gasteiger partial charge in [-0.3, -0.25) is 4.79 Å². The summed E-state index contributed by atoms with van der Waals surface area (Å²) in [6, 6.07) is 6.91. The van der Waals surface area contributed by atoms with Crippen molar-refractivity contribution in [2.45, 2.75) is 25.6 Å². The van der Waals surface area contributed by atoms with Crippen LogP contribution in [-0.4, -0.2) is 17.0 Å². The van der Waals surface area contributed by atoms with E-state index in [4.69, 9.17) is 0 Å². The minimum atomic E-state index is -4.36. The lowest BCUT2D eigenvalue weighted by molar-refractivity contribution is -0.137. The number of amides is 1. The lowest BCUT2D eigenvalue weighted by Crippen LogP contribution is -2.28. The fourth-order valence-electron chi connectivity index (χ4n) is 3.02. The summed E-state index contributed by atoms with van der Waals surface area (Å²) in [7, 11) is 0. The Labute approximate surface area is 166 Å². The van der Waals surface area contributed by atoms with E-state index in [0.717, 1.165) is 39.7 Å². The van der Waals surface area contributed by atoms with Crippen molar-refractivity contribution in [2.24, 2.45) is 5.92 Å². The number of nitrogens with zero attached hydrogens (tertiary/aromatic N) is 1. The Hall–Kier alpha value is -1.80. The van der Waals surface area contributed by atoms with Crippen LogP contribution in [0.25, 0.3) is 10.2 Å². The van der Waals surface area contributed by atoms with E-state index >= 15 is 0 Å². The van der Waals surface area contributed by atoms with Crippen molar-refractivity contribution in [3.05, 3.63) is 57.0 Å². The Balaban J connectivity index is 1.65. The van der Waals surface area contributed by atoms with Gasteiger partial charge in [0.15, 0.2) is 0 Å². The van der Waals surface area contributed by atoms with Crippen LogP contribution in [0.4, 0.5) is 13.2 Å². The first-order chi connectivity index (χ1) is 12.8. The quantitative estimate of drug-likeness (QED) is 0.526. The minimum absolute atomic E-state index is 0.149. The van der Waals surface area contributed by atoms with Gasteiger partial charge in [0.05, 0.1) is 20.3 Å². The number of alkyl halides is 3. The van der Waals surface area contributed by atoms with Crippen LogP contribution in [0.5, 0.6) is 0 Å². The fourth-order valence-corrected chi connectivity index (χ4v) is 4.71. The molecule has 2 heterocycles. The van der Waals surface area contributed by atoms with E-state index in [-0.39, 0.29) is 5.91 Å². The molecule has 27 heavy (non-hydrogen) atoms. The molecule has 0 atom stereocenters. The van der Waals surface area contributed by atoms with Crippen molar-refractivity contribution < 1.29 is 18.0 Å².